The van der Waals surface area contributed by atoms with Crippen molar-refractivity contribution >= 4 is 63.1 Å². The van der Waals surface area contributed by atoms with Crippen LogP contribution in [0.2, 0.25) is 10.0 Å². The molecule has 0 bridgehead atoms. The Bertz CT molecular complexity index is 1220. The van der Waals surface area contributed by atoms with Gasteiger partial charge in [-0.3, -0.25) is 14.5 Å². The van der Waals surface area contributed by atoms with Crippen LogP contribution < -0.4 is 0 Å². The highest BCUT2D eigenvalue weighted by Gasteiger charge is 2.35. The van der Waals surface area contributed by atoms with Crippen LogP contribution in [0.3, 0.4) is 0 Å². The quantitative estimate of drug-likeness (QED) is 0.411. The van der Waals surface area contributed by atoms with Crippen molar-refractivity contribution in [3.05, 3.63) is 74.2 Å². The molecule has 1 aliphatic rings. The van der Waals surface area contributed by atoms with Gasteiger partial charge in [0, 0.05) is 45.9 Å². The minimum Gasteiger partial charge on any atom is -0.383 e. The van der Waals surface area contributed by atoms with Gasteiger partial charge in [-0.25, -0.2) is 0 Å². The number of nitrogens with zero attached hydrogens (tertiary/aromatic N) is 2. The van der Waals surface area contributed by atoms with Crippen molar-refractivity contribution in [2.45, 2.75) is 13.5 Å². The molecule has 0 aliphatic carbocycles. The first kappa shape index (κ1) is 22.0. The Balaban J connectivity index is 1.76. The van der Waals surface area contributed by atoms with E-state index in [-0.39, 0.29) is 17.7 Å². The number of fused-ring (bicyclic) bond motifs is 1. The number of ether oxygens (including phenoxy) is 1. The molecule has 1 aromatic heterocycles. The first-order valence-electron chi connectivity index (χ1n) is 9.66. The van der Waals surface area contributed by atoms with Crippen LogP contribution in [0.15, 0.2) is 47.4 Å². The van der Waals surface area contributed by atoms with Gasteiger partial charge >= 0.3 is 0 Å². The molecular weight excluding hydrogens is 455 g/mol. The van der Waals surface area contributed by atoms with E-state index in [0.717, 1.165) is 39.5 Å². The van der Waals surface area contributed by atoms with Crippen LogP contribution in [0.5, 0.6) is 0 Å². The molecule has 2 heterocycles. The molecule has 0 atom stereocenters. The number of aromatic nitrogens is 1. The molecule has 4 rings (SSSR count). The lowest BCUT2D eigenvalue weighted by molar-refractivity contribution is -0.123. The van der Waals surface area contributed by atoms with Crippen molar-refractivity contribution in [1.82, 2.24) is 9.47 Å². The summed E-state index contributed by atoms with van der Waals surface area (Å²) in [6, 6.07) is 13.5. The molecule has 0 radical (unpaired) electrons. The topological polar surface area (TPSA) is 51.5 Å². The molecule has 0 unspecified atom stereocenters. The standard InChI is InChI=1S/C23H20Cl2N2O3S/c1-14-18(12-21-22(28)26(9-10-30-2)23(29)31-21)17-5-3-4-6-20(17)27(14)13-15-7-8-16(24)11-19(15)25/h3-8,11-12H,9-10,13H2,1-2H3/b21-12+. The first-order chi connectivity index (χ1) is 14.9. The number of carbonyl (C=O) groups excluding carboxylic acids is 2. The van der Waals surface area contributed by atoms with E-state index < -0.39 is 0 Å². The summed E-state index contributed by atoms with van der Waals surface area (Å²) in [5.74, 6) is -0.288. The van der Waals surface area contributed by atoms with Gasteiger partial charge in [-0.2, -0.15) is 0 Å². The maximum absolute atomic E-state index is 12.8. The molecule has 8 heteroatoms. The minimum atomic E-state index is -0.288. The Labute approximate surface area is 194 Å². The molecule has 0 spiro atoms. The molecule has 160 valence electrons. The third-order valence-corrected chi connectivity index (χ3v) is 6.79. The average Bonchev–Trinajstić information content (AvgIpc) is 3.16. The Kier molecular flexibility index (Phi) is 6.44. The van der Waals surface area contributed by atoms with Gasteiger partial charge in [-0.15, -0.1) is 0 Å². The highest BCUT2D eigenvalue weighted by Crippen LogP contribution is 2.36. The molecular formula is C23H20Cl2N2O3S. The van der Waals surface area contributed by atoms with Crippen LogP contribution in [0.4, 0.5) is 4.79 Å². The zero-order chi connectivity index (χ0) is 22.1. The van der Waals surface area contributed by atoms with Crippen molar-refractivity contribution in [1.29, 1.82) is 0 Å². The minimum absolute atomic E-state index is 0.244. The molecule has 0 saturated carbocycles. The van der Waals surface area contributed by atoms with Gasteiger partial charge in [0.1, 0.15) is 0 Å². The molecule has 1 aliphatic heterocycles. The summed E-state index contributed by atoms with van der Waals surface area (Å²) < 4.78 is 7.17. The van der Waals surface area contributed by atoms with Crippen LogP contribution in [-0.2, 0) is 16.1 Å². The SMILES string of the molecule is COCCN1C(=O)S/C(=C/c2c(C)n(Cc3ccc(Cl)cc3Cl)c3ccccc23)C1=O. The normalized spacial score (nSPS) is 15.6. The molecule has 2 aromatic carbocycles. The number of amides is 2. The smallest absolute Gasteiger partial charge is 0.293 e. The largest absolute Gasteiger partial charge is 0.383 e. The predicted molar refractivity (Wildman–Crippen MR) is 127 cm³/mol. The number of benzene rings is 2. The van der Waals surface area contributed by atoms with E-state index in [1.165, 1.54) is 4.90 Å². The molecule has 0 N–H and O–H groups in total. The van der Waals surface area contributed by atoms with E-state index in [2.05, 4.69) is 4.57 Å². The van der Waals surface area contributed by atoms with E-state index in [0.29, 0.717) is 28.1 Å². The fourth-order valence-corrected chi connectivity index (χ4v) is 4.99. The number of hydrogen-bond donors (Lipinski definition) is 0. The highest BCUT2D eigenvalue weighted by atomic mass is 35.5. The second kappa shape index (κ2) is 9.09. The van der Waals surface area contributed by atoms with Gasteiger partial charge in [0.25, 0.3) is 11.1 Å². The third-order valence-electron chi connectivity index (χ3n) is 5.29. The number of para-hydroxylation sites is 1. The van der Waals surface area contributed by atoms with Gasteiger partial charge in [-0.1, -0.05) is 47.5 Å². The van der Waals surface area contributed by atoms with Crippen molar-refractivity contribution in [2.75, 3.05) is 20.3 Å². The van der Waals surface area contributed by atoms with Crippen molar-refractivity contribution in [3.8, 4) is 0 Å². The number of halogens is 2. The third kappa shape index (κ3) is 4.26. The number of rotatable bonds is 6. The molecule has 1 saturated heterocycles. The highest BCUT2D eigenvalue weighted by molar-refractivity contribution is 8.18. The summed E-state index contributed by atoms with van der Waals surface area (Å²) in [4.78, 5) is 26.7. The summed E-state index contributed by atoms with van der Waals surface area (Å²) in [6.07, 6.45) is 1.81. The number of hydrogen-bond acceptors (Lipinski definition) is 4. The van der Waals surface area contributed by atoms with Crippen molar-refractivity contribution in [3.63, 3.8) is 0 Å². The summed E-state index contributed by atoms with van der Waals surface area (Å²) in [5.41, 5.74) is 3.87. The number of methoxy groups -OCH3 is 1. The van der Waals surface area contributed by atoms with Gasteiger partial charge in [0.05, 0.1) is 18.1 Å². The summed E-state index contributed by atoms with van der Waals surface area (Å²) in [5, 5.41) is 1.93. The van der Waals surface area contributed by atoms with Crippen LogP contribution in [0.1, 0.15) is 16.8 Å². The molecule has 1 fully saturated rings. The fourth-order valence-electron chi connectivity index (χ4n) is 3.67. The zero-order valence-electron chi connectivity index (χ0n) is 17.0. The lowest BCUT2D eigenvalue weighted by Crippen LogP contribution is -2.31. The lowest BCUT2D eigenvalue weighted by atomic mass is 10.1. The molecule has 31 heavy (non-hydrogen) atoms. The van der Waals surface area contributed by atoms with E-state index in [1.54, 1.807) is 13.2 Å². The Hall–Kier alpha value is -2.25. The Morgan fingerprint density at radius 3 is 2.65 bits per heavy atom. The van der Waals surface area contributed by atoms with Crippen molar-refractivity contribution < 1.29 is 14.3 Å². The van der Waals surface area contributed by atoms with E-state index >= 15 is 0 Å². The van der Waals surface area contributed by atoms with E-state index in [1.807, 2.05) is 49.4 Å². The second-order valence-corrected chi connectivity index (χ2v) is 9.00. The van der Waals surface area contributed by atoms with Crippen LogP contribution >= 0.6 is 35.0 Å². The summed E-state index contributed by atoms with van der Waals surface area (Å²) in [7, 11) is 1.54. The Morgan fingerprint density at radius 1 is 1.13 bits per heavy atom. The van der Waals surface area contributed by atoms with E-state index in [9.17, 15) is 9.59 Å². The number of imide groups is 1. The molecule has 2 amide bonds. The monoisotopic (exact) mass is 474 g/mol. The van der Waals surface area contributed by atoms with Crippen LogP contribution in [0, 0.1) is 6.92 Å². The van der Waals surface area contributed by atoms with E-state index in [4.69, 9.17) is 27.9 Å². The fraction of sp³-hybridized carbons (Fsp3) is 0.217. The summed E-state index contributed by atoms with van der Waals surface area (Å²) in [6.45, 7) is 3.12. The van der Waals surface area contributed by atoms with Gasteiger partial charge < -0.3 is 9.30 Å². The Morgan fingerprint density at radius 2 is 1.90 bits per heavy atom. The van der Waals surface area contributed by atoms with Crippen LogP contribution in [-0.4, -0.2) is 40.9 Å². The molecule has 5 nitrogen and oxygen atoms in total. The number of thioether (sulfide) groups is 1. The van der Waals surface area contributed by atoms with Gasteiger partial charge in [0.15, 0.2) is 0 Å². The lowest BCUT2D eigenvalue weighted by Gasteiger charge is -2.11. The van der Waals surface area contributed by atoms with Crippen LogP contribution in [0.25, 0.3) is 17.0 Å². The average molecular weight is 475 g/mol. The maximum atomic E-state index is 12.8. The first-order valence-corrected chi connectivity index (χ1v) is 11.2. The van der Waals surface area contributed by atoms with Gasteiger partial charge in [0.2, 0.25) is 0 Å². The predicted octanol–water partition coefficient (Wildman–Crippen LogP) is 5.99. The molecule has 3 aromatic rings. The van der Waals surface area contributed by atoms with Crippen molar-refractivity contribution in [2.24, 2.45) is 0 Å². The zero-order valence-corrected chi connectivity index (χ0v) is 19.4. The summed E-state index contributed by atoms with van der Waals surface area (Å²) >= 11 is 13.4. The maximum Gasteiger partial charge on any atom is 0.293 e. The van der Waals surface area contributed by atoms with Gasteiger partial charge in [-0.05, 0) is 48.5 Å². The second-order valence-electron chi connectivity index (χ2n) is 7.16. The number of carbonyl (C=O) groups is 2.